The van der Waals surface area contributed by atoms with Crippen LogP contribution in [0.5, 0.6) is 11.5 Å². The number of rotatable bonds is 13. The predicted octanol–water partition coefficient (Wildman–Crippen LogP) is 4.90. The van der Waals surface area contributed by atoms with Gasteiger partial charge in [0.25, 0.3) is 0 Å². The number of amides is 1. The fraction of sp³-hybridized carbons (Fsp3) is 0.704. The van der Waals surface area contributed by atoms with Gasteiger partial charge in [0.1, 0.15) is 0 Å². The fourth-order valence-electron chi connectivity index (χ4n) is 5.55. The molecule has 9 heteroatoms. The van der Waals surface area contributed by atoms with Crippen molar-refractivity contribution in [3.63, 3.8) is 0 Å². The Labute approximate surface area is 223 Å². The van der Waals surface area contributed by atoms with E-state index in [1.807, 2.05) is 46.6 Å². The van der Waals surface area contributed by atoms with Crippen LogP contribution in [0, 0.1) is 5.92 Å². The predicted molar refractivity (Wildman–Crippen MR) is 146 cm³/mol. The molecule has 1 aromatic carbocycles. The summed E-state index contributed by atoms with van der Waals surface area (Å²) < 4.78 is 11.6. The summed E-state index contributed by atoms with van der Waals surface area (Å²) in [6.45, 7) is 6.88. The van der Waals surface area contributed by atoms with Crippen LogP contribution in [-0.2, 0) is 9.59 Å². The van der Waals surface area contributed by atoms with Crippen molar-refractivity contribution >= 4 is 35.4 Å². The summed E-state index contributed by atoms with van der Waals surface area (Å²) in [4.78, 5) is 30.3. The number of hydrogen-bond donors (Lipinski definition) is 1. The van der Waals surface area contributed by atoms with E-state index in [2.05, 4.69) is 18.7 Å². The number of carboxylic acids is 1. The number of likely N-dealkylation sites (tertiary alicyclic amines) is 1. The van der Waals surface area contributed by atoms with Gasteiger partial charge in [-0.05, 0) is 43.4 Å². The summed E-state index contributed by atoms with van der Waals surface area (Å²) in [5, 5.41) is 10.4. The van der Waals surface area contributed by atoms with Crippen LogP contribution < -0.4 is 9.47 Å². The van der Waals surface area contributed by atoms with E-state index in [0.717, 1.165) is 68.7 Å². The highest BCUT2D eigenvalue weighted by atomic mass is 32.2. The van der Waals surface area contributed by atoms with Crippen LogP contribution >= 0.6 is 23.5 Å². The standard InChI is InChI=1S/C27H40N2O5S2/c1-3-5-11-28(12-6-4-2)24(30)17-29-16-20(19-7-9-22-23(15-19)34-18-33-22)26(27(31)32)21(29)8-10-25-35-13-14-36-25/h7,9,15,20-21,25-26H,3-6,8,10-14,16-18H2,1-2H3,(H,31,32)/t20-,21+,26-/m1/s1. The number of carbonyl (C=O) groups excluding carboxylic acids is 1. The molecule has 4 rings (SSSR count). The molecule has 0 radical (unpaired) electrons. The maximum absolute atomic E-state index is 13.5. The molecule has 1 N–H and O–H groups in total. The molecule has 1 amide bonds. The Morgan fingerprint density at radius 3 is 2.42 bits per heavy atom. The number of unbranched alkanes of at least 4 members (excludes halogenated alkanes) is 2. The first kappa shape index (κ1) is 27.5. The van der Waals surface area contributed by atoms with Gasteiger partial charge in [-0.3, -0.25) is 14.5 Å². The lowest BCUT2D eigenvalue weighted by atomic mass is 9.84. The number of thioether (sulfide) groups is 2. The Morgan fingerprint density at radius 2 is 1.75 bits per heavy atom. The monoisotopic (exact) mass is 536 g/mol. The average molecular weight is 537 g/mol. The van der Waals surface area contributed by atoms with Gasteiger partial charge in [0.2, 0.25) is 12.7 Å². The highest BCUT2D eigenvalue weighted by Gasteiger charge is 2.47. The molecular weight excluding hydrogens is 496 g/mol. The molecule has 1 aromatic rings. The first-order chi connectivity index (χ1) is 17.5. The lowest BCUT2D eigenvalue weighted by molar-refractivity contribution is -0.143. The molecule has 3 aliphatic rings. The molecule has 0 aromatic heterocycles. The van der Waals surface area contributed by atoms with Gasteiger partial charge >= 0.3 is 5.97 Å². The van der Waals surface area contributed by atoms with Gasteiger partial charge in [0, 0.05) is 43.1 Å². The second-order valence-corrected chi connectivity index (χ2v) is 12.8. The number of fused-ring (bicyclic) bond motifs is 1. The molecule has 0 saturated carbocycles. The highest BCUT2D eigenvalue weighted by molar-refractivity contribution is 8.20. The van der Waals surface area contributed by atoms with E-state index in [4.69, 9.17) is 9.47 Å². The minimum absolute atomic E-state index is 0.127. The quantitative estimate of drug-likeness (QED) is 0.381. The Morgan fingerprint density at radius 1 is 1.06 bits per heavy atom. The molecule has 0 unspecified atom stereocenters. The third kappa shape index (κ3) is 6.64. The molecule has 2 fully saturated rings. The van der Waals surface area contributed by atoms with E-state index in [1.165, 1.54) is 0 Å². The van der Waals surface area contributed by atoms with Gasteiger partial charge in [0.05, 0.1) is 17.0 Å². The van der Waals surface area contributed by atoms with Crippen molar-refractivity contribution in [2.24, 2.45) is 5.92 Å². The van der Waals surface area contributed by atoms with E-state index >= 15 is 0 Å². The van der Waals surface area contributed by atoms with Gasteiger partial charge < -0.3 is 19.5 Å². The second kappa shape index (κ2) is 13.3. The van der Waals surface area contributed by atoms with Crippen molar-refractivity contribution in [3.8, 4) is 11.5 Å². The Balaban J connectivity index is 1.55. The molecule has 2 saturated heterocycles. The van der Waals surface area contributed by atoms with E-state index < -0.39 is 11.9 Å². The molecule has 3 atom stereocenters. The van der Waals surface area contributed by atoms with Gasteiger partial charge in [-0.2, -0.15) is 0 Å². The zero-order valence-corrected chi connectivity index (χ0v) is 23.2. The maximum Gasteiger partial charge on any atom is 0.308 e. The van der Waals surface area contributed by atoms with Crippen molar-refractivity contribution < 1.29 is 24.2 Å². The summed E-state index contributed by atoms with van der Waals surface area (Å²) in [5.41, 5.74) is 0.949. The minimum Gasteiger partial charge on any atom is -0.481 e. The third-order valence-electron chi connectivity index (χ3n) is 7.50. The second-order valence-electron chi connectivity index (χ2n) is 9.92. The van der Waals surface area contributed by atoms with E-state index in [9.17, 15) is 14.7 Å². The van der Waals surface area contributed by atoms with Crippen molar-refractivity contribution in [3.05, 3.63) is 23.8 Å². The Hall–Kier alpha value is -1.58. The lowest BCUT2D eigenvalue weighted by Crippen LogP contribution is -2.44. The smallest absolute Gasteiger partial charge is 0.308 e. The van der Waals surface area contributed by atoms with Crippen molar-refractivity contribution in [2.45, 2.75) is 68.9 Å². The SMILES string of the molecule is CCCCN(CCCC)C(=O)CN1C[C@H](c2ccc3c(c2)OCO3)[C@@H](C(=O)O)[C@@H]1CCC1SCCS1. The molecule has 7 nitrogen and oxygen atoms in total. The summed E-state index contributed by atoms with van der Waals surface area (Å²) in [6.07, 6.45) is 5.84. The van der Waals surface area contributed by atoms with Gasteiger partial charge in [0.15, 0.2) is 11.5 Å². The number of nitrogens with zero attached hydrogens (tertiary/aromatic N) is 2. The molecule has 200 valence electrons. The van der Waals surface area contributed by atoms with Crippen LogP contribution in [0.1, 0.15) is 63.9 Å². The van der Waals surface area contributed by atoms with Crippen molar-refractivity contribution in [2.75, 3.05) is 44.5 Å². The normalized spacial score (nSPS) is 23.9. The summed E-state index contributed by atoms with van der Waals surface area (Å²) >= 11 is 3.95. The van der Waals surface area contributed by atoms with Crippen LogP contribution in [0.15, 0.2) is 18.2 Å². The molecule has 0 bridgehead atoms. The number of benzene rings is 1. The third-order valence-corrected chi connectivity index (χ3v) is 10.7. The van der Waals surface area contributed by atoms with Gasteiger partial charge in [-0.1, -0.05) is 32.8 Å². The largest absolute Gasteiger partial charge is 0.481 e. The van der Waals surface area contributed by atoms with Crippen LogP contribution in [0.25, 0.3) is 0 Å². The molecule has 0 aliphatic carbocycles. The fourth-order valence-corrected chi connectivity index (χ4v) is 8.41. The minimum atomic E-state index is -0.779. The van der Waals surface area contributed by atoms with Crippen molar-refractivity contribution in [1.82, 2.24) is 9.80 Å². The topological polar surface area (TPSA) is 79.3 Å². The van der Waals surface area contributed by atoms with Crippen LogP contribution in [0.3, 0.4) is 0 Å². The van der Waals surface area contributed by atoms with E-state index in [0.29, 0.717) is 22.6 Å². The Kier molecular flexibility index (Phi) is 10.1. The number of aliphatic carboxylic acids is 1. The first-order valence-electron chi connectivity index (χ1n) is 13.4. The van der Waals surface area contributed by atoms with Gasteiger partial charge in [-0.25, -0.2) is 0 Å². The summed E-state index contributed by atoms with van der Waals surface area (Å²) in [6, 6.07) is 5.61. The molecular formula is C27H40N2O5S2. The Bertz CT molecular complexity index is 887. The van der Waals surface area contributed by atoms with Gasteiger partial charge in [-0.15, -0.1) is 23.5 Å². The lowest BCUT2D eigenvalue weighted by Gasteiger charge is -2.30. The number of hydrogen-bond acceptors (Lipinski definition) is 7. The molecule has 36 heavy (non-hydrogen) atoms. The summed E-state index contributed by atoms with van der Waals surface area (Å²) in [7, 11) is 0. The average Bonchev–Trinajstić information content (AvgIpc) is 3.62. The maximum atomic E-state index is 13.5. The number of ether oxygens (including phenoxy) is 2. The zero-order chi connectivity index (χ0) is 25.5. The highest BCUT2D eigenvalue weighted by Crippen LogP contribution is 2.44. The molecule has 3 heterocycles. The van der Waals surface area contributed by atoms with Crippen LogP contribution in [0.2, 0.25) is 0 Å². The number of carboxylic acid groups (broad SMARTS) is 1. The number of carbonyl (C=O) groups is 2. The first-order valence-corrected chi connectivity index (χ1v) is 15.5. The van der Waals surface area contributed by atoms with E-state index in [-0.39, 0.29) is 31.2 Å². The van der Waals surface area contributed by atoms with Crippen LogP contribution in [0.4, 0.5) is 0 Å². The van der Waals surface area contributed by atoms with Crippen LogP contribution in [-0.4, -0.2) is 81.9 Å². The van der Waals surface area contributed by atoms with E-state index in [1.54, 1.807) is 0 Å². The van der Waals surface area contributed by atoms with Crippen molar-refractivity contribution in [1.29, 1.82) is 0 Å². The molecule has 0 spiro atoms. The summed E-state index contributed by atoms with van der Waals surface area (Å²) in [5.74, 6) is 2.28. The molecule has 3 aliphatic heterocycles. The zero-order valence-electron chi connectivity index (χ0n) is 21.5.